The third-order valence-electron chi connectivity index (χ3n) is 5.84. The van der Waals surface area contributed by atoms with E-state index >= 15 is 0 Å². The van der Waals surface area contributed by atoms with Gasteiger partial charge in [-0.05, 0) is 75.8 Å². The van der Waals surface area contributed by atoms with Crippen LogP contribution < -0.4 is 9.04 Å². The summed E-state index contributed by atoms with van der Waals surface area (Å²) in [6, 6.07) is 13.6. The van der Waals surface area contributed by atoms with Gasteiger partial charge in [-0.2, -0.15) is 0 Å². The Balaban J connectivity index is 1.95. The van der Waals surface area contributed by atoms with E-state index in [2.05, 4.69) is 37.3 Å². The molecular weight excluding hydrogens is 497 g/mol. The van der Waals surface area contributed by atoms with Crippen molar-refractivity contribution < 1.29 is 26.7 Å². The van der Waals surface area contributed by atoms with E-state index in [4.69, 9.17) is 0 Å². The zero-order chi connectivity index (χ0) is 25.9. The zero-order valence-corrected chi connectivity index (χ0v) is 22.0. The number of anilines is 1. The first-order valence-electron chi connectivity index (χ1n) is 11.3. The zero-order valence-electron chi connectivity index (χ0n) is 20.3. The van der Waals surface area contributed by atoms with Crippen molar-refractivity contribution in [2.45, 2.75) is 65.5 Å². The first kappa shape index (κ1) is 27.4. The van der Waals surface area contributed by atoms with Gasteiger partial charge in [0.05, 0.1) is 0 Å². The summed E-state index contributed by atoms with van der Waals surface area (Å²) in [7, 11) is 0. The maximum Gasteiger partial charge on any atom is 0.573 e. The molecule has 3 rings (SSSR count). The van der Waals surface area contributed by atoms with Crippen molar-refractivity contribution in [3.8, 4) is 5.75 Å². The number of fused-ring (bicyclic) bond motifs is 1. The molecule has 0 saturated heterocycles. The molecule has 0 bridgehead atoms. The molecule has 1 aromatic heterocycles. The Morgan fingerprint density at radius 1 is 1.03 bits per heavy atom. The average molecular weight is 528 g/mol. The fraction of sp³-hybridized carbons (Fsp3) is 0.440. The summed E-state index contributed by atoms with van der Waals surface area (Å²) in [5.41, 5.74) is 1.70. The van der Waals surface area contributed by atoms with Crippen molar-refractivity contribution in [2.24, 2.45) is 0 Å². The van der Waals surface area contributed by atoms with Gasteiger partial charge in [0.15, 0.2) is 0 Å². The number of alkyl halides is 3. The molecule has 0 amide bonds. The van der Waals surface area contributed by atoms with Gasteiger partial charge >= 0.3 is 6.36 Å². The van der Waals surface area contributed by atoms with Crippen LogP contribution in [0, 0.1) is 6.92 Å². The maximum atomic E-state index is 12.5. The molecule has 0 spiro atoms. The summed E-state index contributed by atoms with van der Waals surface area (Å²) < 4.78 is 68.9. The summed E-state index contributed by atoms with van der Waals surface area (Å²) in [5.74, 6) is -0.287. The molecule has 10 heteroatoms. The molecule has 2 aromatic carbocycles. The second kappa shape index (κ2) is 11.3. The number of thiophene rings is 1. The minimum Gasteiger partial charge on any atom is -0.755 e. The van der Waals surface area contributed by atoms with Gasteiger partial charge in [0, 0.05) is 40.6 Å². The Bertz CT molecular complexity index is 1140. The lowest BCUT2D eigenvalue weighted by molar-refractivity contribution is -0.274. The topological polar surface area (TPSA) is 55.8 Å². The smallest absolute Gasteiger partial charge is 0.573 e. The molecule has 0 aliphatic carbocycles. The number of benzene rings is 2. The summed E-state index contributed by atoms with van der Waals surface area (Å²) in [6.45, 7) is 10.3. The van der Waals surface area contributed by atoms with Crippen molar-refractivity contribution >= 4 is 37.7 Å². The first-order valence-corrected chi connectivity index (χ1v) is 13.2. The van der Waals surface area contributed by atoms with Crippen LogP contribution in [-0.2, 0) is 17.7 Å². The largest absolute Gasteiger partial charge is 0.755 e. The molecule has 1 heterocycles. The lowest BCUT2D eigenvalue weighted by atomic mass is 10.0. The van der Waals surface area contributed by atoms with E-state index in [1.165, 1.54) is 27.8 Å². The summed E-state index contributed by atoms with van der Waals surface area (Å²) >= 11 is -1.07. The number of halogens is 3. The Labute approximate surface area is 210 Å². The standard InChI is InChI=1S/C25H31F3N2O3S2/c1-16(2)30(17(3)4)20(14-19-10-12-21(13-11-19)33-25(26,27)28)15-29(35(31)32)24-18(5)22-8-6-7-9-23(22)34-24/h6-13,16-17,20H,14-15H2,1-5H3,(H,31,32)/p-1. The van der Waals surface area contributed by atoms with Gasteiger partial charge in [0.25, 0.3) is 0 Å². The highest BCUT2D eigenvalue weighted by atomic mass is 32.2. The third-order valence-corrected chi connectivity index (χ3v) is 7.95. The summed E-state index contributed by atoms with van der Waals surface area (Å²) in [4.78, 5) is 2.24. The van der Waals surface area contributed by atoms with E-state index in [1.807, 2.05) is 31.2 Å². The van der Waals surface area contributed by atoms with Crippen molar-refractivity contribution in [3.63, 3.8) is 0 Å². The number of nitrogens with zero attached hydrogens (tertiary/aromatic N) is 2. The maximum absolute atomic E-state index is 12.5. The summed E-state index contributed by atoms with van der Waals surface area (Å²) in [6.07, 6.45) is -4.29. The van der Waals surface area contributed by atoms with Crippen LogP contribution in [0.1, 0.15) is 38.8 Å². The highest BCUT2D eigenvalue weighted by Crippen LogP contribution is 2.38. The molecule has 0 fully saturated rings. The molecule has 2 unspecified atom stereocenters. The van der Waals surface area contributed by atoms with Gasteiger partial charge in [-0.3, -0.25) is 13.4 Å². The molecule has 192 valence electrons. The SMILES string of the molecule is Cc1c(N(CC(Cc2ccc(OC(F)(F)F)cc2)N(C(C)C)C(C)C)S(=O)[O-])sc2ccccc12. The lowest BCUT2D eigenvalue weighted by Crippen LogP contribution is -2.51. The monoisotopic (exact) mass is 527 g/mol. The number of hydrogen-bond donors (Lipinski definition) is 0. The van der Waals surface area contributed by atoms with Crippen LogP contribution in [0.4, 0.5) is 18.2 Å². The molecule has 0 radical (unpaired) electrons. The van der Waals surface area contributed by atoms with Crippen molar-refractivity contribution in [1.82, 2.24) is 4.90 Å². The molecule has 5 nitrogen and oxygen atoms in total. The van der Waals surface area contributed by atoms with Gasteiger partial charge in [0.2, 0.25) is 0 Å². The van der Waals surface area contributed by atoms with Crippen LogP contribution in [0.2, 0.25) is 0 Å². The van der Waals surface area contributed by atoms with E-state index in [9.17, 15) is 21.9 Å². The Hall–Kier alpha value is -2.14. The quantitative estimate of drug-likeness (QED) is 0.285. The number of rotatable bonds is 10. The molecule has 0 N–H and O–H groups in total. The third kappa shape index (κ3) is 6.97. The lowest BCUT2D eigenvalue weighted by Gasteiger charge is -2.41. The van der Waals surface area contributed by atoms with Gasteiger partial charge in [-0.1, -0.05) is 30.3 Å². The van der Waals surface area contributed by atoms with Crippen molar-refractivity contribution in [1.29, 1.82) is 0 Å². The minimum absolute atomic E-state index is 0.123. The van der Waals surface area contributed by atoms with Crippen LogP contribution in [0.25, 0.3) is 10.1 Å². The molecule has 0 aliphatic rings. The van der Waals surface area contributed by atoms with E-state index < -0.39 is 17.6 Å². The van der Waals surface area contributed by atoms with Crippen LogP contribution in [-0.4, -0.2) is 44.7 Å². The molecule has 3 aromatic rings. The van der Waals surface area contributed by atoms with E-state index in [0.717, 1.165) is 21.2 Å². The van der Waals surface area contributed by atoms with Crippen LogP contribution in [0.15, 0.2) is 48.5 Å². The number of hydrogen-bond acceptors (Lipinski definition) is 5. The van der Waals surface area contributed by atoms with Crippen molar-refractivity contribution in [2.75, 3.05) is 10.8 Å². The molecular formula is C25H30F3N2O3S2-. The van der Waals surface area contributed by atoms with E-state index in [-0.39, 0.29) is 30.4 Å². The van der Waals surface area contributed by atoms with Crippen LogP contribution >= 0.6 is 11.3 Å². The predicted molar refractivity (Wildman–Crippen MR) is 136 cm³/mol. The fourth-order valence-corrected chi connectivity index (χ4v) is 6.59. The average Bonchev–Trinajstić information content (AvgIpc) is 3.08. The predicted octanol–water partition coefficient (Wildman–Crippen LogP) is 6.44. The van der Waals surface area contributed by atoms with Gasteiger partial charge < -0.3 is 9.29 Å². The first-order chi connectivity index (χ1) is 16.4. The number of ether oxygens (including phenoxy) is 1. The van der Waals surface area contributed by atoms with Crippen LogP contribution in [0.5, 0.6) is 5.75 Å². The number of aryl methyl sites for hydroxylation is 1. The molecule has 0 saturated carbocycles. The highest BCUT2D eigenvalue weighted by Gasteiger charge is 2.31. The second-order valence-electron chi connectivity index (χ2n) is 8.99. The molecule has 2 atom stereocenters. The molecule has 0 aliphatic heterocycles. The minimum atomic E-state index is -4.75. The highest BCUT2D eigenvalue weighted by molar-refractivity contribution is 7.81. The van der Waals surface area contributed by atoms with Gasteiger partial charge in [0.1, 0.15) is 10.8 Å². The van der Waals surface area contributed by atoms with Gasteiger partial charge in [-0.15, -0.1) is 24.5 Å². The van der Waals surface area contributed by atoms with E-state index in [0.29, 0.717) is 11.4 Å². The summed E-state index contributed by atoms with van der Waals surface area (Å²) in [5, 5.41) is 1.69. The molecule has 35 heavy (non-hydrogen) atoms. The van der Waals surface area contributed by atoms with Gasteiger partial charge in [-0.25, -0.2) is 0 Å². The Morgan fingerprint density at radius 3 is 2.14 bits per heavy atom. The van der Waals surface area contributed by atoms with Crippen LogP contribution in [0.3, 0.4) is 0 Å². The Morgan fingerprint density at radius 2 is 1.63 bits per heavy atom. The normalized spacial score (nSPS) is 14.2. The Kier molecular flexibility index (Phi) is 8.85. The van der Waals surface area contributed by atoms with Crippen molar-refractivity contribution in [3.05, 3.63) is 59.7 Å². The van der Waals surface area contributed by atoms with E-state index in [1.54, 1.807) is 12.1 Å². The fourth-order valence-electron chi connectivity index (χ4n) is 4.61. The second-order valence-corrected chi connectivity index (χ2v) is 10.9.